The van der Waals surface area contributed by atoms with Gasteiger partial charge in [-0.05, 0) is 24.3 Å². The van der Waals surface area contributed by atoms with Crippen molar-refractivity contribution in [3.63, 3.8) is 0 Å². The van der Waals surface area contributed by atoms with E-state index in [4.69, 9.17) is 17.3 Å². The van der Waals surface area contributed by atoms with Crippen LogP contribution >= 0.6 is 11.6 Å². The molecule has 100 valence electrons. The second kappa shape index (κ2) is 5.19. The summed E-state index contributed by atoms with van der Waals surface area (Å²) in [5, 5.41) is 0.314. The molecule has 0 aliphatic rings. The van der Waals surface area contributed by atoms with Crippen LogP contribution in [0.25, 0.3) is 0 Å². The third kappa shape index (κ3) is 3.05. The number of hydrogen-bond donors (Lipinski definition) is 1. The second-order valence-corrected chi connectivity index (χ2v) is 6.46. The molecule has 0 heterocycles. The van der Waals surface area contributed by atoms with Crippen LogP contribution in [0.2, 0.25) is 5.02 Å². The minimum atomic E-state index is -3.66. The SMILES string of the molecule is Nc1cccc(CS(=O)(=O)c2cccc(Cl)c2)c1F. The molecule has 2 N–H and O–H groups in total. The molecule has 0 saturated carbocycles. The molecule has 0 aliphatic heterocycles. The van der Waals surface area contributed by atoms with Crippen molar-refractivity contribution in [1.82, 2.24) is 0 Å². The molecule has 0 spiro atoms. The van der Waals surface area contributed by atoms with E-state index in [1.54, 1.807) is 6.07 Å². The van der Waals surface area contributed by atoms with Crippen molar-refractivity contribution in [2.75, 3.05) is 5.73 Å². The highest BCUT2D eigenvalue weighted by Crippen LogP contribution is 2.23. The molecule has 2 aromatic rings. The van der Waals surface area contributed by atoms with Crippen LogP contribution in [0.15, 0.2) is 47.4 Å². The van der Waals surface area contributed by atoms with Crippen LogP contribution in [0.5, 0.6) is 0 Å². The number of hydrogen-bond acceptors (Lipinski definition) is 3. The van der Waals surface area contributed by atoms with E-state index in [-0.39, 0.29) is 16.1 Å². The number of sulfone groups is 1. The maximum atomic E-state index is 13.7. The van der Waals surface area contributed by atoms with E-state index in [0.717, 1.165) is 0 Å². The lowest BCUT2D eigenvalue weighted by atomic mass is 10.2. The normalized spacial score (nSPS) is 11.5. The summed E-state index contributed by atoms with van der Waals surface area (Å²) >= 11 is 5.75. The van der Waals surface area contributed by atoms with Gasteiger partial charge in [0.15, 0.2) is 9.84 Å². The molecule has 19 heavy (non-hydrogen) atoms. The first-order chi connectivity index (χ1) is 8.90. The van der Waals surface area contributed by atoms with Crippen LogP contribution in [0.1, 0.15) is 5.56 Å². The molecule has 0 aromatic heterocycles. The molecule has 3 nitrogen and oxygen atoms in total. The molecule has 0 fully saturated rings. The quantitative estimate of drug-likeness (QED) is 0.886. The molecule has 0 unspecified atom stereocenters. The highest BCUT2D eigenvalue weighted by Gasteiger charge is 2.18. The van der Waals surface area contributed by atoms with E-state index in [9.17, 15) is 12.8 Å². The smallest absolute Gasteiger partial charge is 0.182 e. The Morgan fingerprint density at radius 3 is 2.53 bits per heavy atom. The van der Waals surface area contributed by atoms with Crippen molar-refractivity contribution in [2.24, 2.45) is 0 Å². The summed E-state index contributed by atoms with van der Waals surface area (Å²) in [5.74, 6) is -1.15. The van der Waals surface area contributed by atoms with Gasteiger partial charge < -0.3 is 5.73 Å². The third-order valence-corrected chi connectivity index (χ3v) is 4.51. The van der Waals surface area contributed by atoms with Crippen LogP contribution in [0.3, 0.4) is 0 Å². The van der Waals surface area contributed by atoms with Gasteiger partial charge in [-0.1, -0.05) is 29.8 Å². The molecule has 0 bridgehead atoms. The van der Waals surface area contributed by atoms with E-state index < -0.39 is 21.4 Å². The van der Waals surface area contributed by atoms with Gasteiger partial charge in [-0.15, -0.1) is 0 Å². The minimum Gasteiger partial charge on any atom is -0.396 e. The van der Waals surface area contributed by atoms with Gasteiger partial charge in [-0.25, -0.2) is 12.8 Å². The molecule has 2 aromatic carbocycles. The molecular formula is C13H11ClFNO2S. The molecule has 0 atom stereocenters. The third-order valence-electron chi connectivity index (χ3n) is 2.61. The molecular weight excluding hydrogens is 289 g/mol. The number of nitrogens with two attached hydrogens (primary N) is 1. The van der Waals surface area contributed by atoms with Crippen LogP contribution in [0, 0.1) is 5.82 Å². The maximum absolute atomic E-state index is 13.7. The highest BCUT2D eigenvalue weighted by molar-refractivity contribution is 7.90. The van der Waals surface area contributed by atoms with Crippen molar-refractivity contribution in [3.8, 4) is 0 Å². The maximum Gasteiger partial charge on any atom is 0.182 e. The fraction of sp³-hybridized carbons (Fsp3) is 0.0769. The molecule has 2 rings (SSSR count). The predicted octanol–water partition coefficient (Wildman–Crippen LogP) is 3.04. The van der Waals surface area contributed by atoms with E-state index in [0.29, 0.717) is 5.02 Å². The van der Waals surface area contributed by atoms with E-state index >= 15 is 0 Å². The number of rotatable bonds is 3. The standard InChI is InChI=1S/C13H11ClFNO2S/c14-10-4-2-5-11(7-10)19(17,18)8-9-3-1-6-12(16)13(9)15/h1-7H,8,16H2. The zero-order valence-corrected chi connectivity index (χ0v) is 11.4. The molecule has 6 heteroatoms. The summed E-state index contributed by atoms with van der Waals surface area (Å²) in [4.78, 5) is 0.0572. The molecule has 0 amide bonds. The topological polar surface area (TPSA) is 60.2 Å². The van der Waals surface area contributed by atoms with Gasteiger partial charge in [0, 0.05) is 10.6 Å². The number of benzene rings is 2. The van der Waals surface area contributed by atoms with Crippen LogP contribution in [-0.2, 0) is 15.6 Å². The van der Waals surface area contributed by atoms with Gasteiger partial charge in [0.05, 0.1) is 16.3 Å². The highest BCUT2D eigenvalue weighted by atomic mass is 35.5. The molecule has 0 saturated heterocycles. The van der Waals surface area contributed by atoms with Crippen molar-refractivity contribution >= 4 is 27.1 Å². The fourth-order valence-electron chi connectivity index (χ4n) is 1.66. The second-order valence-electron chi connectivity index (χ2n) is 4.04. The first kappa shape index (κ1) is 13.8. The Labute approximate surface area is 115 Å². The van der Waals surface area contributed by atoms with Gasteiger partial charge in [-0.2, -0.15) is 0 Å². The van der Waals surface area contributed by atoms with Crippen LogP contribution in [0.4, 0.5) is 10.1 Å². The van der Waals surface area contributed by atoms with E-state index in [1.807, 2.05) is 0 Å². The molecule has 0 aliphatic carbocycles. The number of anilines is 1. The van der Waals surface area contributed by atoms with Crippen molar-refractivity contribution in [3.05, 3.63) is 58.9 Å². The Bertz CT molecular complexity index is 716. The average Bonchev–Trinajstić information content (AvgIpc) is 2.35. The Hall–Kier alpha value is -1.59. The Morgan fingerprint density at radius 2 is 1.84 bits per heavy atom. The first-order valence-corrected chi connectivity index (χ1v) is 7.44. The number of halogens is 2. The minimum absolute atomic E-state index is 0.0416. The monoisotopic (exact) mass is 299 g/mol. The van der Waals surface area contributed by atoms with Gasteiger partial charge in [0.2, 0.25) is 0 Å². The zero-order valence-electron chi connectivity index (χ0n) is 9.81. The van der Waals surface area contributed by atoms with Gasteiger partial charge in [0.25, 0.3) is 0 Å². The largest absolute Gasteiger partial charge is 0.396 e. The average molecular weight is 300 g/mol. The lowest BCUT2D eigenvalue weighted by Gasteiger charge is -2.07. The lowest BCUT2D eigenvalue weighted by molar-refractivity contribution is 0.588. The van der Waals surface area contributed by atoms with Crippen LogP contribution in [-0.4, -0.2) is 8.42 Å². The van der Waals surface area contributed by atoms with Gasteiger partial charge in [0.1, 0.15) is 5.82 Å². The Balaban J connectivity index is 2.39. The first-order valence-electron chi connectivity index (χ1n) is 5.41. The summed E-state index contributed by atoms with van der Waals surface area (Å²) in [7, 11) is -3.66. The van der Waals surface area contributed by atoms with Crippen LogP contribution < -0.4 is 5.73 Å². The summed E-state index contributed by atoms with van der Waals surface area (Å²) < 4.78 is 38.0. The summed E-state index contributed by atoms with van der Waals surface area (Å²) in [6, 6.07) is 10.2. The lowest BCUT2D eigenvalue weighted by Crippen LogP contribution is -2.07. The Morgan fingerprint density at radius 1 is 1.16 bits per heavy atom. The van der Waals surface area contributed by atoms with E-state index in [1.165, 1.54) is 36.4 Å². The summed E-state index contributed by atoms with van der Waals surface area (Å²) in [6.45, 7) is 0. The summed E-state index contributed by atoms with van der Waals surface area (Å²) in [6.07, 6.45) is 0. The number of nitrogen functional groups attached to an aromatic ring is 1. The summed E-state index contributed by atoms with van der Waals surface area (Å²) in [5.41, 5.74) is 5.38. The Kier molecular flexibility index (Phi) is 3.78. The fourth-order valence-corrected chi connectivity index (χ4v) is 3.31. The van der Waals surface area contributed by atoms with Crippen molar-refractivity contribution in [2.45, 2.75) is 10.6 Å². The predicted molar refractivity (Wildman–Crippen MR) is 73.2 cm³/mol. The van der Waals surface area contributed by atoms with E-state index in [2.05, 4.69) is 0 Å². The van der Waals surface area contributed by atoms with Crippen molar-refractivity contribution in [1.29, 1.82) is 0 Å². The van der Waals surface area contributed by atoms with Gasteiger partial charge in [-0.3, -0.25) is 0 Å². The van der Waals surface area contributed by atoms with Gasteiger partial charge >= 0.3 is 0 Å². The zero-order chi connectivity index (χ0) is 14.0. The molecule has 0 radical (unpaired) electrons. The van der Waals surface area contributed by atoms with Crippen molar-refractivity contribution < 1.29 is 12.8 Å².